The number of carbonyl (C=O) groups excluding carboxylic acids is 2. The van der Waals surface area contributed by atoms with Crippen molar-refractivity contribution in [3.63, 3.8) is 0 Å². The molecule has 2 heterocycles. The molecule has 0 aliphatic carbocycles. The van der Waals surface area contributed by atoms with Crippen molar-refractivity contribution in [2.45, 2.75) is 31.2 Å². The third kappa shape index (κ3) is 9.44. The van der Waals surface area contributed by atoms with Crippen LogP contribution in [-0.4, -0.2) is 132 Å². The second-order valence-corrected chi connectivity index (χ2v) is 9.31. The predicted molar refractivity (Wildman–Crippen MR) is 133 cm³/mol. The smallest absolute Gasteiger partial charge is 0.254 e. The summed E-state index contributed by atoms with van der Waals surface area (Å²) in [6.07, 6.45) is 0.327. The highest BCUT2D eigenvalue weighted by molar-refractivity contribution is 5.94. The van der Waals surface area contributed by atoms with Gasteiger partial charge in [0, 0.05) is 64.1 Å². The van der Waals surface area contributed by atoms with Gasteiger partial charge >= 0.3 is 0 Å². The number of nitrogens with zero attached hydrogens (tertiary/aromatic N) is 3. The molecule has 0 bridgehead atoms. The number of benzene rings is 1. The Balaban J connectivity index is 1.72. The summed E-state index contributed by atoms with van der Waals surface area (Å²) >= 11 is 0. The van der Waals surface area contributed by atoms with E-state index in [9.17, 15) is 29.3 Å². The van der Waals surface area contributed by atoms with Crippen molar-refractivity contribution in [2.75, 3.05) is 72.2 Å². The van der Waals surface area contributed by atoms with Crippen molar-refractivity contribution in [1.82, 2.24) is 14.7 Å². The van der Waals surface area contributed by atoms with Crippen LogP contribution in [0.3, 0.4) is 0 Å². The number of carbonyl (C=O) groups is 2. The SMILES string of the molecule is O=C(/C=C/CN1CCOCC1)N1CCCCOC[C@@H](O)[C@H](O)[C@@H](O)CN(C(=O)c2ccc(F)cc2)CC1. The van der Waals surface area contributed by atoms with Gasteiger partial charge < -0.3 is 34.6 Å². The Morgan fingerprint density at radius 2 is 1.59 bits per heavy atom. The van der Waals surface area contributed by atoms with Gasteiger partial charge in [-0.25, -0.2) is 4.39 Å². The van der Waals surface area contributed by atoms with E-state index >= 15 is 0 Å². The summed E-state index contributed by atoms with van der Waals surface area (Å²) < 4.78 is 24.2. The average molecular weight is 524 g/mol. The molecule has 1 aromatic rings. The molecule has 0 unspecified atom stereocenters. The van der Waals surface area contributed by atoms with Gasteiger partial charge in [-0.1, -0.05) is 6.08 Å². The van der Waals surface area contributed by atoms with Crippen LogP contribution in [0.4, 0.5) is 4.39 Å². The Morgan fingerprint density at radius 3 is 2.32 bits per heavy atom. The second-order valence-electron chi connectivity index (χ2n) is 9.31. The first-order chi connectivity index (χ1) is 17.8. The monoisotopic (exact) mass is 523 g/mol. The molecular weight excluding hydrogens is 485 g/mol. The van der Waals surface area contributed by atoms with Crippen LogP contribution in [0, 0.1) is 5.82 Å². The molecule has 0 spiro atoms. The molecule has 2 amide bonds. The average Bonchev–Trinajstić information content (AvgIpc) is 2.90. The summed E-state index contributed by atoms with van der Waals surface area (Å²) in [5.74, 6) is -1.16. The van der Waals surface area contributed by atoms with Crippen LogP contribution in [-0.2, 0) is 14.3 Å². The predicted octanol–water partition coefficient (Wildman–Crippen LogP) is -0.122. The van der Waals surface area contributed by atoms with Crippen molar-refractivity contribution in [1.29, 1.82) is 0 Å². The van der Waals surface area contributed by atoms with E-state index in [2.05, 4.69) is 4.90 Å². The van der Waals surface area contributed by atoms with Gasteiger partial charge in [0.25, 0.3) is 5.91 Å². The maximum atomic E-state index is 13.4. The van der Waals surface area contributed by atoms with Gasteiger partial charge in [-0.3, -0.25) is 14.5 Å². The third-order valence-electron chi connectivity index (χ3n) is 6.51. The summed E-state index contributed by atoms with van der Waals surface area (Å²) in [4.78, 5) is 31.4. The maximum absolute atomic E-state index is 13.4. The Morgan fingerprint density at radius 1 is 0.892 bits per heavy atom. The van der Waals surface area contributed by atoms with Crippen LogP contribution in [0.15, 0.2) is 36.4 Å². The Bertz CT molecular complexity index is 879. The number of halogens is 1. The maximum Gasteiger partial charge on any atom is 0.254 e. The lowest BCUT2D eigenvalue weighted by Gasteiger charge is -2.32. The van der Waals surface area contributed by atoms with E-state index in [1.54, 1.807) is 4.90 Å². The van der Waals surface area contributed by atoms with E-state index in [-0.39, 0.29) is 37.7 Å². The zero-order valence-corrected chi connectivity index (χ0v) is 21.1. The number of amides is 2. The normalized spacial score (nSPS) is 25.7. The van der Waals surface area contributed by atoms with Gasteiger partial charge in [-0.15, -0.1) is 0 Å². The zero-order valence-electron chi connectivity index (χ0n) is 21.1. The van der Waals surface area contributed by atoms with Gasteiger partial charge in [0.05, 0.1) is 19.8 Å². The Kier molecular flexibility index (Phi) is 11.9. The van der Waals surface area contributed by atoms with Crippen LogP contribution in [0.5, 0.6) is 0 Å². The first kappa shape index (κ1) is 29.2. The number of ether oxygens (including phenoxy) is 2. The van der Waals surface area contributed by atoms with Crippen molar-refractivity contribution in [2.24, 2.45) is 0 Å². The number of hydrogen-bond donors (Lipinski definition) is 3. The molecule has 11 heteroatoms. The second kappa shape index (κ2) is 15.1. The molecule has 1 aromatic carbocycles. The number of rotatable bonds is 4. The summed E-state index contributed by atoms with van der Waals surface area (Å²) in [5.41, 5.74) is 0.205. The zero-order chi connectivity index (χ0) is 26.6. The van der Waals surface area contributed by atoms with E-state index in [1.807, 2.05) is 6.08 Å². The summed E-state index contributed by atoms with van der Waals surface area (Å²) in [6.45, 7) is 4.20. The molecule has 0 saturated carbocycles. The fourth-order valence-corrected chi connectivity index (χ4v) is 4.22. The van der Waals surface area contributed by atoms with Gasteiger partial charge in [0.15, 0.2) is 0 Å². The van der Waals surface area contributed by atoms with Crippen LogP contribution in [0.1, 0.15) is 23.2 Å². The van der Waals surface area contributed by atoms with Crippen molar-refractivity contribution in [3.05, 3.63) is 47.8 Å². The van der Waals surface area contributed by atoms with Crippen molar-refractivity contribution in [3.8, 4) is 0 Å². The van der Waals surface area contributed by atoms with Crippen molar-refractivity contribution < 1.29 is 38.8 Å². The molecule has 3 atom stereocenters. The van der Waals surface area contributed by atoms with Crippen LogP contribution in [0.2, 0.25) is 0 Å². The number of aliphatic hydroxyl groups excluding tert-OH is 3. The van der Waals surface area contributed by atoms with Crippen LogP contribution >= 0.6 is 0 Å². The number of morpholine rings is 1. The molecule has 10 nitrogen and oxygen atoms in total. The highest BCUT2D eigenvalue weighted by atomic mass is 19.1. The highest BCUT2D eigenvalue weighted by Gasteiger charge is 2.29. The summed E-state index contributed by atoms with van der Waals surface area (Å²) in [7, 11) is 0. The lowest BCUT2D eigenvalue weighted by molar-refractivity contribution is -0.126. The van der Waals surface area contributed by atoms with Gasteiger partial charge in [-0.05, 0) is 37.1 Å². The largest absolute Gasteiger partial charge is 0.388 e. The van der Waals surface area contributed by atoms with Gasteiger partial charge in [-0.2, -0.15) is 0 Å². The summed E-state index contributed by atoms with van der Waals surface area (Å²) in [5, 5.41) is 31.1. The quantitative estimate of drug-likeness (QED) is 0.467. The van der Waals surface area contributed by atoms with E-state index in [1.165, 1.54) is 35.2 Å². The van der Waals surface area contributed by atoms with Crippen LogP contribution < -0.4 is 0 Å². The first-order valence-corrected chi connectivity index (χ1v) is 12.8. The third-order valence-corrected chi connectivity index (χ3v) is 6.51. The highest BCUT2D eigenvalue weighted by Crippen LogP contribution is 2.12. The van der Waals surface area contributed by atoms with Crippen LogP contribution in [0.25, 0.3) is 0 Å². The summed E-state index contributed by atoms with van der Waals surface area (Å²) in [6, 6.07) is 5.01. The number of β-amino-alcohol motifs (C(OH)–C–C–N with tert-alkyl or cyclic N) is 1. The molecular formula is C26H38FN3O7. The van der Waals surface area contributed by atoms with Crippen molar-refractivity contribution >= 4 is 11.8 Å². The lowest BCUT2D eigenvalue weighted by Crippen LogP contribution is -2.49. The molecule has 3 rings (SSSR count). The topological polar surface area (TPSA) is 123 Å². The van der Waals surface area contributed by atoms with E-state index in [0.29, 0.717) is 45.8 Å². The van der Waals surface area contributed by atoms with E-state index in [4.69, 9.17) is 9.47 Å². The number of aliphatic hydroxyl groups is 3. The standard InChI is InChI=1S/C26H38FN3O7/c27-21-7-5-20(6-8-21)26(35)30-12-11-29(24(33)4-3-9-28-13-16-36-17-14-28)10-1-2-15-37-19-23(32)25(34)22(31)18-30/h3-8,22-23,25,31-32,34H,1-2,9-19H2/b4-3+/t22-,23+,25+/m0/s1. The fourth-order valence-electron chi connectivity index (χ4n) is 4.22. The van der Waals surface area contributed by atoms with Gasteiger partial charge in [0.1, 0.15) is 24.1 Å². The Hall–Kier alpha value is -2.41. The Labute approximate surface area is 216 Å². The first-order valence-electron chi connectivity index (χ1n) is 12.8. The number of hydrogen-bond acceptors (Lipinski definition) is 8. The fraction of sp³-hybridized carbons (Fsp3) is 0.615. The molecule has 3 N–H and O–H groups in total. The molecule has 0 radical (unpaired) electrons. The minimum atomic E-state index is -1.53. The van der Waals surface area contributed by atoms with E-state index < -0.39 is 30.0 Å². The molecule has 37 heavy (non-hydrogen) atoms. The minimum Gasteiger partial charge on any atom is -0.388 e. The lowest BCUT2D eigenvalue weighted by atomic mass is 10.1. The molecule has 2 fully saturated rings. The minimum absolute atomic E-state index is 0.0790. The molecule has 206 valence electrons. The molecule has 0 aromatic heterocycles. The van der Waals surface area contributed by atoms with E-state index in [0.717, 1.165) is 13.1 Å². The molecule has 2 aliphatic heterocycles. The molecule has 2 saturated heterocycles. The van der Waals surface area contributed by atoms with Gasteiger partial charge in [0.2, 0.25) is 5.91 Å². The molecule has 2 aliphatic rings.